The van der Waals surface area contributed by atoms with Crippen LogP contribution in [-0.4, -0.2) is 22.8 Å². The van der Waals surface area contributed by atoms with Crippen molar-refractivity contribution in [3.8, 4) is 0 Å². The van der Waals surface area contributed by atoms with E-state index in [2.05, 4.69) is 4.98 Å². The molecular formula is C11H16N2O3. The van der Waals surface area contributed by atoms with Gasteiger partial charge < -0.3 is 9.30 Å². The molecule has 0 amide bonds. The van der Waals surface area contributed by atoms with Gasteiger partial charge in [-0.3, -0.25) is 9.78 Å². The monoisotopic (exact) mass is 224 g/mol. The molecule has 1 aliphatic heterocycles. The standard InChI is InChI=1S/C11H16N2O3/c1-8-6-13(11(15)12-10(8)14)7-9-2-4-16-5-3-9/h6,9H,2-5,7H2,1H3,(H,12,14,15). The van der Waals surface area contributed by atoms with Gasteiger partial charge in [0.05, 0.1) is 0 Å². The van der Waals surface area contributed by atoms with Crippen LogP contribution in [0.25, 0.3) is 0 Å². The van der Waals surface area contributed by atoms with Gasteiger partial charge in [0.1, 0.15) is 0 Å². The highest BCUT2D eigenvalue weighted by molar-refractivity contribution is 5.00. The Kier molecular flexibility index (Phi) is 3.24. The van der Waals surface area contributed by atoms with Crippen molar-refractivity contribution < 1.29 is 4.74 Å². The molecule has 1 fully saturated rings. The molecule has 1 aromatic heterocycles. The molecule has 88 valence electrons. The van der Waals surface area contributed by atoms with Crippen LogP contribution in [-0.2, 0) is 11.3 Å². The van der Waals surface area contributed by atoms with E-state index < -0.39 is 0 Å². The highest BCUT2D eigenvalue weighted by Crippen LogP contribution is 2.15. The van der Waals surface area contributed by atoms with Gasteiger partial charge >= 0.3 is 5.69 Å². The molecule has 5 heteroatoms. The van der Waals surface area contributed by atoms with Crippen LogP contribution in [0.4, 0.5) is 0 Å². The summed E-state index contributed by atoms with van der Waals surface area (Å²) in [5.74, 6) is 0.469. The Labute approximate surface area is 93.1 Å². The number of hydrogen-bond donors (Lipinski definition) is 1. The third kappa shape index (κ3) is 2.41. The second-order valence-corrected chi connectivity index (χ2v) is 4.28. The Morgan fingerprint density at radius 3 is 2.81 bits per heavy atom. The third-order valence-corrected chi connectivity index (χ3v) is 2.98. The highest BCUT2D eigenvalue weighted by atomic mass is 16.5. The van der Waals surface area contributed by atoms with Crippen LogP contribution in [0.3, 0.4) is 0 Å². The number of nitrogens with zero attached hydrogens (tertiary/aromatic N) is 1. The lowest BCUT2D eigenvalue weighted by molar-refractivity contribution is 0.0608. The molecule has 1 aliphatic rings. The van der Waals surface area contributed by atoms with Crippen LogP contribution in [0.5, 0.6) is 0 Å². The molecule has 0 spiro atoms. The molecule has 0 bridgehead atoms. The van der Waals surface area contributed by atoms with Crippen molar-refractivity contribution in [2.75, 3.05) is 13.2 Å². The number of aromatic nitrogens is 2. The van der Waals surface area contributed by atoms with E-state index in [1.807, 2.05) is 0 Å². The second-order valence-electron chi connectivity index (χ2n) is 4.28. The van der Waals surface area contributed by atoms with Crippen LogP contribution in [0.15, 0.2) is 15.8 Å². The second kappa shape index (κ2) is 4.65. The Bertz CT molecular complexity index is 469. The number of rotatable bonds is 2. The van der Waals surface area contributed by atoms with E-state index in [1.54, 1.807) is 17.7 Å². The van der Waals surface area contributed by atoms with Gasteiger partial charge in [0.15, 0.2) is 0 Å². The fourth-order valence-corrected chi connectivity index (χ4v) is 1.96. The Morgan fingerprint density at radius 1 is 1.44 bits per heavy atom. The summed E-state index contributed by atoms with van der Waals surface area (Å²) in [6.45, 7) is 3.90. The fraction of sp³-hybridized carbons (Fsp3) is 0.636. The van der Waals surface area contributed by atoms with Crippen LogP contribution in [0.2, 0.25) is 0 Å². The zero-order valence-electron chi connectivity index (χ0n) is 9.36. The maximum Gasteiger partial charge on any atom is 0.328 e. The molecule has 1 N–H and O–H groups in total. The van der Waals surface area contributed by atoms with Gasteiger partial charge in [-0.1, -0.05) is 0 Å². The molecule has 5 nitrogen and oxygen atoms in total. The fourth-order valence-electron chi connectivity index (χ4n) is 1.96. The number of nitrogens with one attached hydrogen (secondary N) is 1. The van der Waals surface area contributed by atoms with E-state index >= 15 is 0 Å². The van der Waals surface area contributed by atoms with E-state index in [1.165, 1.54) is 0 Å². The van der Waals surface area contributed by atoms with Gasteiger partial charge in [-0.25, -0.2) is 4.79 Å². The SMILES string of the molecule is Cc1cn(CC2CCOCC2)c(=O)[nH]c1=O. The number of ether oxygens (including phenoxy) is 1. The first kappa shape index (κ1) is 11.1. The molecule has 1 aromatic rings. The molecule has 2 rings (SSSR count). The van der Waals surface area contributed by atoms with Crippen molar-refractivity contribution in [2.24, 2.45) is 5.92 Å². The Morgan fingerprint density at radius 2 is 2.12 bits per heavy atom. The van der Waals surface area contributed by atoms with Gasteiger partial charge in [-0.2, -0.15) is 0 Å². The first-order valence-corrected chi connectivity index (χ1v) is 5.55. The lowest BCUT2D eigenvalue weighted by Crippen LogP contribution is -2.33. The van der Waals surface area contributed by atoms with Crippen molar-refractivity contribution in [1.29, 1.82) is 0 Å². The molecule has 0 saturated carbocycles. The number of aromatic amines is 1. The van der Waals surface area contributed by atoms with Crippen LogP contribution >= 0.6 is 0 Å². The summed E-state index contributed by atoms with van der Waals surface area (Å²) in [7, 11) is 0. The van der Waals surface area contributed by atoms with E-state index in [4.69, 9.17) is 4.74 Å². The molecule has 0 atom stereocenters. The predicted octanol–water partition coefficient (Wildman–Crippen LogP) is 0.272. The minimum atomic E-state index is -0.318. The Balaban J connectivity index is 2.17. The number of hydrogen-bond acceptors (Lipinski definition) is 3. The molecule has 16 heavy (non-hydrogen) atoms. The van der Waals surface area contributed by atoms with Gasteiger partial charge in [0, 0.05) is 31.5 Å². The van der Waals surface area contributed by atoms with E-state index in [0.29, 0.717) is 18.0 Å². The molecule has 0 aliphatic carbocycles. The first-order valence-electron chi connectivity index (χ1n) is 5.55. The van der Waals surface area contributed by atoms with Crippen LogP contribution < -0.4 is 11.2 Å². The minimum Gasteiger partial charge on any atom is -0.381 e. The maximum atomic E-state index is 11.5. The lowest BCUT2D eigenvalue weighted by Gasteiger charge is -2.22. The summed E-state index contributed by atoms with van der Waals surface area (Å²) in [6, 6.07) is 0. The van der Waals surface area contributed by atoms with Gasteiger partial charge in [0.25, 0.3) is 5.56 Å². The summed E-state index contributed by atoms with van der Waals surface area (Å²) < 4.78 is 6.86. The van der Waals surface area contributed by atoms with Crippen molar-refractivity contribution in [1.82, 2.24) is 9.55 Å². The number of aryl methyl sites for hydroxylation is 1. The molecule has 1 saturated heterocycles. The first-order chi connectivity index (χ1) is 7.66. The van der Waals surface area contributed by atoms with Gasteiger partial charge in [-0.05, 0) is 25.7 Å². The molecule has 0 unspecified atom stereocenters. The van der Waals surface area contributed by atoms with Crippen molar-refractivity contribution in [2.45, 2.75) is 26.3 Å². The zero-order valence-corrected chi connectivity index (χ0v) is 9.36. The van der Waals surface area contributed by atoms with Gasteiger partial charge in [-0.15, -0.1) is 0 Å². The van der Waals surface area contributed by atoms with E-state index in [-0.39, 0.29) is 11.2 Å². The normalized spacial score (nSPS) is 17.6. The third-order valence-electron chi connectivity index (χ3n) is 2.98. The molecular weight excluding hydrogens is 208 g/mol. The van der Waals surface area contributed by atoms with Crippen molar-refractivity contribution >= 4 is 0 Å². The van der Waals surface area contributed by atoms with E-state index in [0.717, 1.165) is 26.1 Å². The minimum absolute atomic E-state index is 0.298. The topological polar surface area (TPSA) is 64.1 Å². The number of H-pyrrole nitrogens is 1. The molecule has 2 heterocycles. The summed E-state index contributed by atoms with van der Waals surface area (Å²) in [6.07, 6.45) is 3.59. The quantitative estimate of drug-likeness (QED) is 0.784. The molecule has 0 radical (unpaired) electrons. The van der Waals surface area contributed by atoms with Crippen molar-refractivity contribution in [3.05, 3.63) is 32.6 Å². The summed E-state index contributed by atoms with van der Waals surface area (Å²) in [5.41, 5.74) is -0.0398. The van der Waals surface area contributed by atoms with Crippen LogP contribution in [0, 0.1) is 12.8 Å². The van der Waals surface area contributed by atoms with Crippen LogP contribution in [0.1, 0.15) is 18.4 Å². The maximum absolute atomic E-state index is 11.5. The average Bonchev–Trinajstić information content (AvgIpc) is 2.27. The summed E-state index contributed by atoms with van der Waals surface area (Å²) >= 11 is 0. The summed E-state index contributed by atoms with van der Waals surface area (Å²) in [4.78, 5) is 25.1. The predicted molar refractivity (Wildman–Crippen MR) is 59.6 cm³/mol. The van der Waals surface area contributed by atoms with Gasteiger partial charge in [0.2, 0.25) is 0 Å². The average molecular weight is 224 g/mol. The largest absolute Gasteiger partial charge is 0.381 e. The van der Waals surface area contributed by atoms with E-state index in [9.17, 15) is 9.59 Å². The smallest absolute Gasteiger partial charge is 0.328 e. The summed E-state index contributed by atoms with van der Waals surface area (Å²) in [5, 5.41) is 0. The molecule has 0 aromatic carbocycles. The zero-order chi connectivity index (χ0) is 11.5. The lowest BCUT2D eigenvalue weighted by atomic mass is 10.0. The van der Waals surface area contributed by atoms with Crippen molar-refractivity contribution in [3.63, 3.8) is 0 Å². The highest BCUT2D eigenvalue weighted by Gasteiger charge is 2.15. The Hall–Kier alpha value is -1.36.